The van der Waals surface area contributed by atoms with Crippen LogP contribution in [-0.4, -0.2) is 12.1 Å². The first-order valence-corrected chi connectivity index (χ1v) is 4.58. The number of fused-ring (bicyclic) bond motifs is 1. The van der Waals surface area contributed by atoms with E-state index in [1.165, 1.54) is 13.2 Å². The van der Waals surface area contributed by atoms with E-state index >= 15 is 0 Å². The van der Waals surface area contributed by atoms with Gasteiger partial charge in [0.25, 0.3) is 0 Å². The number of benzene rings is 1. The number of hydrogen-bond acceptors (Lipinski definition) is 3. The second kappa shape index (κ2) is 3.82. The standard InChI is InChI=1S/C11H11FN2O/c1-15-11-8-3-2-4-10(12)9(8)5-7(6-13)14-11/h2-5H,6,13H2,1H3. The van der Waals surface area contributed by atoms with Crippen molar-refractivity contribution in [2.75, 3.05) is 7.11 Å². The molecule has 3 nitrogen and oxygen atoms in total. The lowest BCUT2D eigenvalue weighted by atomic mass is 10.1. The number of nitrogens with two attached hydrogens (primary N) is 1. The van der Waals surface area contributed by atoms with Crippen LogP contribution in [0.4, 0.5) is 4.39 Å². The van der Waals surface area contributed by atoms with Crippen molar-refractivity contribution in [2.24, 2.45) is 5.73 Å². The third kappa shape index (κ3) is 1.64. The van der Waals surface area contributed by atoms with Gasteiger partial charge in [-0.25, -0.2) is 9.37 Å². The van der Waals surface area contributed by atoms with Crippen LogP contribution in [0.2, 0.25) is 0 Å². The van der Waals surface area contributed by atoms with Crippen molar-refractivity contribution in [2.45, 2.75) is 6.54 Å². The molecule has 0 saturated carbocycles. The number of ether oxygens (including phenoxy) is 1. The molecule has 0 spiro atoms. The largest absolute Gasteiger partial charge is 0.481 e. The van der Waals surface area contributed by atoms with Gasteiger partial charge in [0.15, 0.2) is 0 Å². The fourth-order valence-electron chi connectivity index (χ4n) is 1.52. The minimum Gasteiger partial charge on any atom is -0.481 e. The first-order valence-electron chi connectivity index (χ1n) is 4.58. The molecule has 1 aromatic heterocycles. The molecular formula is C11H11FN2O. The van der Waals surface area contributed by atoms with Gasteiger partial charge in [-0.15, -0.1) is 0 Å². The van der Waals surface area contributed by atoms with E-state index in [-0.39, 0.29) is 12.4 Å². The number of nitrogens with zero attached hydrogens (tertiary/aromatic N) is 1. The highest BCUT2D eigenvalue weighted by Gasteiger charge is 2.08. The summed E-state index contributed by atoms with van der Waals surface area (Å²) in [5, 5.41) is 1.15. The van der Waals surface area contributed by atoms with Crippen LogP contribution in [0.1, 0.15) is 5.69 Å². The number of methoxy groups -OCH3 is 1. The Morgan fingerprint density at radius 2 is 2.20 bits per heavy atom. The maximum absolute atomic E-state index is 13.5. The Hall–Kier alpha value is -1.68. The Morgan fingerprint density at radius 1 is 1.40 bits per heavy atom. The van der Waals surface area contributed by atoms with Crippen molar-refractivity contribution in [1.82, 2.24) is 4.98 Å². The fraction of sp³-hybridized carbons (Fsp3) is 0.182. The number of halogens is 1. The second-order valence-electron chi connectivity index (χ2n) is 3.16. The van der Waals surface area contributed by atoms with Crippen molar-refractivity contribution in [3.8, 4) is 5.88 Å². The molecule has 0 aliphatic carbocycles. The predicted molar refractivity (Wildman–Crippen MR) is 56.1 cm³/mol. The lowest BCUT2D eigenvalue weighted by molar-refractivity contribution is 0.401. The first-order chi connectivity index (χ1) is 7.26. The lowest BCUT2D eigenvalue weighted by Crippen LogP contribution is -2.02. The number of hydrogen-bond donors (Lipinski definition) is 1. The third-order valence-corrected chi connectivity index (χ3v) is 2.24. The van der Waals surface area contributed by atoms with E-state index in [1.54, 1.807) is 18.2 Å². The average Bonchev–Trinajstić information content (AvgIpc) is 2.28. The average molecular weight is 206 g/mol. The highest BCUT2D eigenvalue weighted by atomic mass is 19.1. The molecule has 0 amide bonds. The van der Waals surface area contributed by atoms with E-state index in [2.05, 4.69) is 4.98 Å². The summed E-state index contributed by atoms with van der Waals surface area (Å²) < 4.78 is 18.6. The normalized spacial score (nSPS) is 10.6. The minimum absolute atomic E-state index is 0.265. The van der Waals surface area contributed by atoms with E-state index in [4.69, 9.17) is 10.5 Å². The second-order valence-corrected chi connectivity index (χ2v) is 3.16. The van der Waals surface area contributed by atoms with Gasteiger partial charge in [0.2, 0.25) is 5.88 Å². The van der Waals surface area contributed by atoms with Gasteiger partial charge >= 0.3 is 0 Å². The highest BCUT2D eigenvalue weighted by Crippen LogP contribution is 2.26. The molecule has 78 valence electrons. The fourth-order valence-corrected chi connectivity index (χ4v) is 1.52. The molecule has 2 N–H and O–H groups in total. The topological polar surface area (TPSA) is 48.1 Å². The van der Waals surface area contributed by atoms with Crippen molar-refractivity contribution in [3.05, 3.63) is 35.8 Å². The van der Waals surface area contributed by atoms with Crippen LogP contribution in [-0.2, 0) is 6.54 Å². The van der Waals surface area contributed by atoms with Gasteiger partial charge in [-0.2, -0.15) is 0 Å². The molecular weight excluding hydrogens is 195 g/mol. The molecule has 2 aromatic rings. The van der Waals surface area contributed by atoms with Gasteiger partial charge in [-0.05, 0) is 18.2 Å². The van der Waals surface area contributed by atoms with Crippen molar-refractivity contribution in [1.29, 1.82) is 0 Å². The Morgan fingerprint density at radius 3 is 2.87 bits per heavy atom. The van der Waals surface area contributed by atoms with Gasteiger partial charge in [-0.1, -0.05) is 6.07 Å². The number of rotatable bonds is 2. The summed E-state index contributed by atoms with van der Waals surface area (Å²) in [5.74, 6) is 0.121. The van der Waals surface area contributed by atoms with Crippen LogP contribution in [0.3, 0.4) is 0 Å². The van der Waals surface area contributed by atoms with E-state index < -0.39 is 0 Å². The van der Waals surface area contributed by atoms with E-state index in [0.29, 0.717) is 22.3 Å². The summed E-state index contributed by atoms with van der Waals surface area (Å²) in [6, 6.07) is 6.45. The van der Waals surface area contributed by atoms with E-state index in [9.17, 15) is 4.39 Å². The Kier molecular flexibility index (Phi) is 2.51. The van der Waals surface area contributed by atoms with E-state index in [1.807, 2.05) is 0 Å². The van der Waals surface area contributed by atoms with Gasteiger partial charge < -0.3 is 10.5 Å². The molecule has 1 aromatic carbocycles. The van der Waals surface area contributed by atoms with Crippen LogP contribution in [0.15, 0.2) is 24.3 Å². The molecule has 2 rings (SSSR count). The molecule has 0 atom stereocenters. The van der Waals surface area contributed by atoms with Crippen molar-refractivity contribution in [3.63, 3.8) is 0 Å². The Labute approximate surface area is 86.7 Å². The molecule has 0 radical (unpaired) electrons. The maximum atomic E-state index is 13.5. The summed E-state index contributed by atoms with van der Waals surface area (Å²) in [5.41, 5.74) is 6.09. The first kappa shape index (κ1) is 9.86. The molecule has 0 bridgehead atoms. The van der Waals surface area contributed by atoms with Crippen LogP contribution < -0.4 is 10.5 Å². The van der Waals surface area contributed by atoms with Gasteiger partial charge in [0, 0.05) is 17.3 Å². The lowest BCUT2D eigenvalue weighted by Gasteiger charge is -2.07. The quantitative estimate of drug-likeness (QED) is 0.815. The number of pyridine rings is 1. The molecule has 0 unspecified atom stereocenters. The zero-order valence-electron chi connectivity index (χ0n) is 8.33. The van der Waals surface area contributed by atoms with Gasteiger partial charge in [0.05, 0.1) is 12.8 Å². The summed E-state index contributed by atoms with van der Waals surface area (Å²) in [6.45, 7) is 0.265. The van der Waals surface area contributed by atoms with Gasteiger partial charge in [0.1, 0.15) is 5.82 Å². The molecule has 0 aliphatic heterocycles. The molecule has 0 saturated heterocycles. The molecule has 0 fully saturated rings. The Balaban J connectivity index is 2.80. The summed E-state index contributed by atoms with van der Waals surface area (Å²) in [6.07, 6.45) is 0. The molecule has 4 heteroatoms. The Bertz CT molecular complexity index is 499. The summed E-state index contributed by atoms with van der Waals surface area (Å²) in [7, 11) is 1.51. The van der Waals surface area contributed by atoms with E-state index in [0.717, 1.165) is 0 Å². The van der Waals surface area contributed by atoms with Gasteiger partial charge in [-0.3, -0.25) is 0 Å². The van der Waals surface area contributed by atoms with Crippen molar-refractivity contribution < 1.29 is 9.13 Å². The molecule has 1 heterocycles. The van der Waals surface area contributed by atoms with Crippen LogP contribution in [0.25, 0.3) is 10.8 Å². The zero-order valence-corrected chi connectivity index (χ0v) is 8.33. The summed E-state index contributed by atoms with van der Waals surface area (Å²) in [4.78, 5) is 4.17. The van der Waals surface area contributed by atoms with Crippen LogP contribution in [0.5, 0.6) is 5.88 Å². The zero-order chi connectivity index (χ0) is 10.8. The molecule has 0 aliphatic rings. The minimum atomic E-state index is -0.289. The van der Waals surface area contributed by atoms with Crippen LogP contribution >= 0.6 is 0 Å². The van der Waals surface area contributed by atoms with Crippen LogP contribution in [0, 0.1) is 5.82 Å². The van der Waals surface area contributed by atoms with Crippen molar-refractivity contribution >= 4 is 10.8 Å². The SMILES string of the molecule is COc1nc(CN)cc2c(F)cccc12. The highest BCUT2D eigenvalue weighted by molar-refractivity contribution is 5.87. The maximum Gasteiger partial charge on any atom is 0.221 e. The third-order valence-electron chi connectivity index (χ3n) is 2.24. The molecule has 15 heavy (non-hydrogen) atoms. The summed E-state index contributed by atoms with van der Waals surface area (Å²) >= 11 is 0. The monoisotopic (exact) mass is 206 g/mol. The smallest absolute Gasteiger partial charge is 0.221 e. The number of aromatic nitrogens is 1. The predicted octanol–water partition coefficient (Wildman–Crippen LogP) is 1.84.